The molecule has 0 aliphatic heterocycles. The lowest BCUT2D eigenvalue weighted by molar-refractivity contribution is -0.151. The molecule has 0 radical (unpaired) electrons. The summed E-state index contributed by atoms with van der Waals surface area (Å²) in [5.74, 6) is -0.997. The molecule has 0 amide bonds. The van der Waals surface area contributed by atoms with Gasteiger partial charge in [0, 0.05) is 12.5 Å². The molecule has 0 aromatic carbocycles. The summed E-state index contributed by atoms with van der Waals surface area (Å²) in [5.41, 5.74) is 5.06. The minimum Gasteiger partial charge on any atom is -0.467 e. The van der Waals surface area contributed by atoms with Crippen LogP contribution in [0, 0.1) is 0 Å². The Hall–Kier alpha value is -0.460. The van der Waals surface area contributed by atoms with Gasteiger partial charge in [0.2, 0.25) is 6.43 Å². The Bertz CT molecular complexity index is 159. The first-order chi connectivity index (χ1) is 5.49. The molecule has 13 heavy (non-hydrogen) atoms. The number of carbonyl (C=O) groups excluding carboxylic acids is 1. The highest BCUT2D eigenvalue weighted by Crippen LogP contribution is 2.06. The molecule has 0 saturated carbocycles. The molecule has 2 atom stereocenters. The fourth-order valence-corrected chi connectivity index (χ4v) is 0.630. The fraction of sp³-hybridized carbons (Fsp3) is 0.833. The second-order valence-corrected chi connectivity index (χ2v) is 2.26. The number of aliphatic hydroxyl groups is 1. The summed E-state index contributed by atoms with van der Waals surface area (Å²) >= 11 is 0. The summed E-state index contributed by atoms with van der Waals surface area (Å²) < 4.78 is 27.4. The van der Waals surface area contributed by atoms with Crippen LogP contribution < -0.4 is 5.73 Å². The zero-order valence-corrected chi connectivity index (χ0v) is 7.76. The molecule has 0 aliphatic carbocycles. The van der Waals surface area contributed by atoms with E-state index in [1.807, 2.05) is 0 Å². The van der Waals surface area contributed by atoms with Gasteiger partial charge in [-0.3, -0.25) is 0 Å². The van der Waals surface area contributed by atoms with Crippen LogP contribution in [-0.4, -0.2) is 36.8 Å². The molecule has 0 saturated heterocycles. The highest BCUT2D eigenvalue weighted by molar-refractivity contribution is 5.85. The van der Waals surface area contributed by atoms with E-state index >= 15 is 0 Å². The van der Waals surface area contributed by atoms with E-state index in [9.17, 15) is 13.6 Å². The maximum Gasteiger partial charge on any atom is 0.336 e. The van der Waals surface area contributed by atoms with Crippen molar-refractivity contribution in [2.24, 2.45) is 5.73 Å². The van der Waals surface area contributed by atoms with Crippen LogP contribution in [0.5, 0.6) is 0 Å². The van der Waals surface area contributed by atoms with Gasteiger partial charge in [-0.1, -0.05) is 0 Å². The van der Waals surface area contributed by atoms with E-state index < -0.39 is 31.0 Å². The third kappa shape index (κ3) is 5.73. The Morgan fingerprint density at radius 1 is 1.62 bits per heavy atom. The molecular weight excluding hydrogens is 208 g/mol. The van der Waals surface area contributed by atoms with E-state index in [1.165, 1.54) is 0 Å². The summed E-state index contributed by atoms with van der Waals surface area (Å²) in [6.07, 6.45) is -5.04. The highest BCUT2D eigenvalue weighted by Gasteiger charge is 2.26. The van der Waals surface area contributed by atoms with Crippen molar-refractivity contribution in [2.75, 3.05) is 7.11 Å². The minimum atomic E-state index is -2.64. The van der Waals surface area contributed by atoms with Crippen LogP contribution in [0.1, 0.15) is 6.42 Å². The van der Waals surface area contributed by atoms with Crippen molar-refractivity contribution < 1.29 is 23.4 Å². The molecule has 0 aromatic heterocycles. The van der Waals surface area contributed by atoms with Gasteiger partial charge in [0.25, 0.3) is 0 Å². The number of ether oxygens (including phenoxy) is 1. The lowest BCUT2D eigenvalue weighted by atomic mass is 10.1. The van der Waals surface area contributed by atoms with E-state index in [0.29, 0.717) is 0 Å². The van der Waals surface area contributed by atoms with Crippen molar-refractivity contribution in [2.45, 2.75) is 25.0 Å². The number of carbonyl (C=O) groups is 1. The van der Waals surface area contributed by atoms with Gasteiger partial charge in [0.15, 0.2) is 6.10 Å². The minimum absolute atomic E-state index is 0. The van der Waals surface area contributed by atoms with Crippen LogP contribution in [0.4, 0.5) is 8.78 Å². The van der Waals surface area contributed by atoms with Crippen LogP contribution in [-0.2, 0) is 9.53 Å². The van der Waals surface area contributed by atoms with Gasteiger partial charge in [0.05, 0.1) is 7.11 Å². The molecule has 0 aliphatic rings. The predicted octanol–water partition coefficient (Wildman–Crippen LogP) is -0.0754. The Morgan fingerprint density at radius 3 is 2.38 bits per heavy atom. The number of aliphatic hydroxyl groups excluding tert-OH is 1. The molecule has 3 N–H and O–H groups in total. The molecule has 0 bridgehead atoms. The van der Waals surface area contributed by atoms with Crippen molar-refractivity contribution >= 4 is 18.4 Å². The van der Waals surface area contributed by atoms with E-state index in [0.717, 1.165) is 7.11 Å². The predicted molar refractivity (Wildman–Crippen MR) is 43.9 cm³/mol. The third-order valence-electron chi connectivity index (χ3n) is 1.30. The summed E-state index contributed by atoms with van der Waals surface area (Å²) in [6.45, 7) is 0. The van der Waals surface area contributed by atoms with Gasteiger partial charge in [-0.25, -0.2) is 13.6 Å². The Labute approximate surface area is 80.5 Å². The molecule has 7 heteroatoms. The van der Waals surface area contributed by atoms with Gasteiger partial charge < -0.3 is 15.6 Å². The first-order valence-corrected chi connectivity index (χ1v) is 3.28. The van der Waals surface area contributed by atoms with Crippen LogP contribution >= 0.6 is 12.4 Å². The number of nitrogens with two attached hydrogens (primary N) is 1. The molecule has 0 rings (SSSR count). The third-order valence-corrected chi connectivity index (χ3v) is 1.30. The average Bonchev–Trinajstić information content (AvgIpc) is 2.00. The lowest BCUT2D eigenvalue weighted by Crippen LogP contribution is -2.42. The second-order valence-electron chi connectivity index (χ2n) is 2.26. The molecular formula is C6H12ClF2NO3. The van der Waals surface area contributed by atoms with Crippen LogP contribution in [0.15, 0.2) is 0 Å². The number of hydrogen-bond acceptors (Lipinski definition) is 4. The zero-order valence-electron chi connectivity index (χ0n) is 6.94. The number of rotatable bonds is 4. The Balaban J connectivity index is 0. The number of alkyl halides is 2. The molecule has 0 heterocycles. The molecule has 0 spiro atoms. The van der Waals surface area contributed by atoms with Gasteiger partial charge >= 0.3 is 5.97 Å². The molecule has 0 fully saturated rings. The normalized spacial score (nSPS) is 14.6. The maximum atomic E-state index is 11.7. The van der Waals surface area contributed by atoms with Gasteiger partial charge in [-0.05, 0) is 0 Å². The average molecular weight is 220 g/mol. The monoisotopic (exact) mass is 219 g/mol. The topological polar surface area (TPSA) is 72.5 Å². The zero-order chi connectivity index (χ0) is 9.72. The van der Waals surface area contributed by atoms with Crippen molar-refractivity contribution in [3.63, 3.8) is 0 Å². The first kappa shape index (κ1) is 15.0. The molecule has 0 aromatic rings. The van der Waals surface area contributed by atoms with Crippen LogP contribution in [0.3, 0.4) is 0 Å². The summed E-state index contributed by atoms with van der Waals surface area (Å²) in [4.78, 5) is 10.5. The fourth-order valence-electron chi connectivity index (χ4n) is 0.630. The molecule has 4 nitrogen and oxygen atoms in total. The Kier molecular flexibility index (Phi) is 8.09. The first-order valence-electron chi connectivity index (χ1n) is 3.28. The Morgan fingerprint density at radius 2 is 2.08 bits per heavy atom. The van der Waals surface area contributed by atoms with E-state index in [1.54, 1.807) is 0 Å². The number of methoxy groups -OCH3 is 1. The van der Waals surface area contributed by atoms with Crippen molar-refractivity contribution in [1.82, 2.24) is 0 Å². The van der Waals surface area contributed by atoms with E-state index in [4.69, 9.17) is 10.8 Å². The largest absolute Gasteiger partial charge is 0.467 e. The van der Waals surface area contributed by atoms with Crippen molar-refractivity contribution in [3.05, 3.63) is 0 Å². The van der Waals surface area contributed by atoms with E-state index in [2.05, 4.69) is 4.74 Å². The summed E-state index contributed by atoms with van der Waals surface area (Å²) in [5, 5.41) is 8.90. The molecule has 80 valence electrons. The summed E-state index contributed by atoms with van der Waals surface area (Å²) in [6, 6.07) is -1.28. The standard InChI is InChI=1S/C6H11F2NO3.ClH/c1-12-6(11)5(10)3(9)2-4(7)8;/h3-5,10H,2,9H2,1H3;1H. The number of halogens is 3. The van der Waals surface area contributed by atoms with Gasteiger partial charge in [-0.15, -0.1) is 12.4 Å². The quantitative estimate of drug-likeness (QED) is 0.649. The maximum absolute atomic E-state index is 11.7. The second kappa shape index (κ2) is 6.99. The summed E-state index contributed by atoms with van der Waals surface area (Å²) in [7, 11) is 1.04. The van der Waals surface area contributed by atoms with Crippen molar-refractivity contribution in [1.29, 1.82) is 0 Å². The van der Waals surface area contributed by atoms with Gasteiger partial charge in [-0.2, -0.15) is 0 Å². The highest BCUT2D eigenvalue weighted by atomic mass is 35.5. The smallest absolute Gasteiger partial charge is 0.336 e. The van der Waals surface area contributed by atoms with Gasteiger partial charge in [0.1, 0.15) is 0 Å². The molecule has 2 unspecified atom stereocenters. The van der Waals surface area contributed by atoms with Crippen molar-refractivity contribution in [3.8, 4) is 0 Å². The van der Waals surface area contributed by atoms with E-state index in [-0.39, 0.29) is 12.4 Å². The van der Waals surface area contributed by atoms with Crippen LogP contribution in [0.25, 0.3) is 0 Å². The SMILES string of the molecule is COC(=O)C(O)C(N)CC(F)F.Cl. The number of hydrogen-bond donors (Lipinski definition) is 2. The van der Waals surface area contributed by atoms with Crippen LogP contribution in [0.2, 0.25) is 0 Å². The lowest BCUT2D eigenvalue weighted by Gasteiger charge is -2.15. The number of esters is 1.